The van der Waals surface area contributed by atoms with Crippen molar-refractivity contribution in [2.24, 2.45) is 5.14 Å². The molecule has 2 aromatic rings. The van der Waals surface area contributed by atoms with Gasteiger partial charge >= 0.3 is 0 Å². The lowest BCUT2D eigenvalue weighted by atomic mass is 10.1. The fraction of sp³-hybridized carbons (Fsp3) is 0.176. The largest absolute Gasteiger partial charge is 0.478 e. The summed E-state index contributed by atoms with van der Waals surface area (Å²) in [6.07, 6.45) is -1.10. The SMILES string of the molecule is Cc1ccc(C(=O)NNC(=O)[C@H](C)Oc2ccccc2F)cc1S(N)(=O)=O. The molecule has 0 spiro atoms. The number of nitrogens with two attached hydrogens (primary N) is 1. The Bertz CT molecular complexity index is 978. The fourth-order valence-electron chi connectivity index (χ4n) is 2.12. The number of hydrazine groups is 1. The molecular formula is C17H18FN3O5S. The van der Waals surface area contributed by atoms with Gasteiger partial charge in [0.15, 0.2) is 17.7 Å². The number of rotatable bonds is 5. The minimum atomic E-state index is -4.00. The van der Waals surface area contributed by atoms with Crippen LogP contribution in [0, 0.1) is 12.7 Å². The van der Waals surface area contributed by atoms with Crippen LogP contribution < -0.4 is 20.7 Å². The van der Waals surface area contributed by atoms with E-state index in [1.807, 2.05) is 0 Å². The highest BCUT2D eigenvalue weighted by Gasteiger charge is 2.19. The van der Waals surface area contributed by atoms with Gasteiger partial charge in [0.2, 0.25) is 10.0 Å². The van der Waals surface area contributed by atoms with Crippen LogP contribution >= 0.6 is 0 Å². The molecule has 0 radical (unpaired) electrons. The van der Waals surface area contributed by atoms with Crippen LogP contribution in [0.1, 0.15) is 22.8 Å². The van der Waals surface area contributed by atoms with Crippen LogP contribution in [0.15, 0.2) is 47.4 Å². The number of ether oxygens (including phenoxy) is 1. The number of carbonyl (C=O) groups excluding carboxylic acids is 2. The molecule has 0 aliphatic heterocycles. The van der Waals surface area contributed by atoms with Gasteiger partial charge in [0, 0.05) is 5.56 Å². The molecule has 0 saturated heterocycles. The van der Waals surface area contributed by atoms with Crippen molar-refractivity contribution in [1.29, 1.82) is 0 Å². The van der Waals surface area contributed by atoms with Crippen LogP contribution in [0.3, 0.4) is 0 Å². The van der Waals surface area contributed by atoms with Gasteiger partial charge in [-0.1, -0.05) is 18.2 Å². The number of benzene rings is 2. The molecule has 1 atom stereocenters. The topological polar surface area (TPSA) is 128 Å². The quantitative estimate of drug-likeness (QED) is 0.651. The van der Waals surface area contributed by atoms with Crippen LogP contribution in [0.5, 0.6) is 5.75 Å². The molecule has 10 heteroatoms. The third-order valence-corrected chi connectivity index (χ3v) is 4.62. The van der Waals surface area contributed by atoms with Crippen LogP contribution in [0.25, 0.3) is 0 Å². The molecule has 0 fully saturated rings. The van der Waals surface area contributed by atoms with E-state index in [2.05, 4.69) is 10.9 Å². The van der Waals surface area contributed by atoms with E-state index >= 15 is 0 Å². The summed E-state index contributed by atoms with van der Waals surface area (Å²) in [5.41, 5.74) is 4.62. The van der Waals surface area contributed by atoms with E-state index in [1.54, 1.807) is 6.07 Å². The minimum Gasteiger partial charge on any atom is -0.478 e. The Morgan fingerprint density at radius 2 is 1.81 bits per heavy atom. The zero-order valence-corrected chi connectivity index (χ0v) is 15.3. The van der Waals surface area contributed by atoms with Crippen LogP contribution in [-0.2, 0) is 14.8 Å². The predicted molar refractivity (Wildman–Crippen MR) is 94.7 cm³/mol. The fourth-order valence-corrected chi connectivity index (χ4v) is 2.93. The zero-order valence-electron chi connectivity index (χ0n) is 14.5. The highest BCUT2D eigenvalue weighted by molar-refractivity contribution is 7.89. The molecule has 0 heterocycles. The van der Waals surface area contributed by atoms with Crippen molar-refractivity contribution >= 4 is 21.8 Å². The number of sulfonamides is 1. The van der Waals surface area contributed by atoms with Gasteiger partial charge in [-0.15, -0.1) is 0 Å². The van der Waals surface area contributed by atoms with Gasteiger partial charge in [0.05, 0.1) is 4.90 Å². The number of para-hydroxylation sites is 1. The molecule has 144 valence electrons. The summed E-state index contributed by atoms with van der Waals surface area (Å²) in [5, 5.41) is 5.10. The van der Waals surface area contributed by atoms with Crippen LogP contribution in [0.4, 0.5) is 4.39 Å². The van der Waals surface area contributed by atoms with E-state index in [-0.39, 0.29) is 16.2 Å². The Morgan fingerprint density at radius 1 is 1.15 bits per heavy atom. The van der Waals surface area contributed by atoms with Gasteiger partial charge in [-0.25, -0.2) is 17.9 Å². The number of aryl methyl sites for hydroxylation is 1. The van der Waals surface area contributed by atoms with Gasteiger partial charge in [-0.3, -0.25) is 20.4 Å². The first-order chi connectivity index (χ1) is 12.6. The maximum absolute atomic E-state index is 13.5. The second-order valence-electron chi connectivity index (χ2n) is 5.66. The average Bonchev–Trinajstić information content (AvgIpc) is 2.60. The Balaban J connectivity index is 2.01. The van der Waals surface area contributed by atoms with Crippen LogP contribution in [0.2, 0.25) is 0 Å². The van der Waals surface area contributed by atoms with E-state index in [0.717, 1.165) is 6.07 Å². The molecule has 4 N–H and O–H groups in total. The normalized spacial score (nSPS) is 12.1. The maximum Gasteiger partial charge on any atom is 0.279 e. The lowest BCUT2D eigenvalue weighted by Gasteiger charge is -2.15. The molecule has 8 nitrogen and oxygen atoms in total. The molecule has 0 unspecified atom stereocenters. The number of primary sulfonamides is 1. The van der Waals surface area contributed by atoms with Crippen LogP contribution in [-0.4, -0.2) is 26.3 Å². The van der Waals surface area contributed by atoms with Crippen molar-refractivity contribution in [2.75, 3.05) is 0 Å². The third kappa shape index (κ3) is 5.25. The van der Waals surface area contributed by atoms with Gasteiger partial charge < -0.3 is 4.74 Å². The lowest BCUT2D eigenvalue weighted by molar-refractivity contribution is -0.128. The number of hydrogen-bond donors (Lipinski definition) is 3. The number of carbonyl (C=O) groups is 2. The standard InChI is InChI=1S/C17H18FN3O5S/c1-10-7-8-12(9-15(10)27(19,24)25)17(23)21-20-16(22)11(2)26-14-6-4-3-5-13(14)18/h3-9,11H,1-2H3,(H,20,22)(H,21,23)(H2,19,24,25)/t11-/m0/s1. The molecule has 0 aliphatic carbocycles. The Morgan fingerprint density at radius 3 is 2.44 bits per heavy atom. The van der Waals surface area contributed by atoms with E-state index in [9.17, 15) is 22.4 Å². The molecule has 0 bridgehead atoms. The van der Waals surface area contributed by atoms with Crippen molar-refractivity contribution in [3.63, 3.8) is 0 Å². The second-order valence-corrected chi connectivity index (χ2v) is 7.19. The molecule has 2 rings (SSSR count). The van der Waals surface area contributed by atoms with Gasteiger partial charge in [-0.2, -0.15) is 0 Å². The van der Waals surface area contributed by atoms with E-state index in [0.29, 0.717) is 5.56 Å². The number of amides is 2. The summed E-state index contributed by atoms with van der Waals surface area (Å²) < 4.78 is 41.7. The molecule has 2 aromatic carbocycles. The van der Waals surface area contributed by atoms with Crippen molar-refractivity contribution in [3.8, 4) is 5.75 Å². The minimum absolute atomic E-state index is 0.0207. The first kappa shape index (κ1) is 20.3. The van der Waals surface area contributed by atoms with Crippen molar-refractivity contribution in [3.05, 3.63) is 59.4 Å². The molecule has 27 heavy (non-hydrogen) atoms. The molecule has 0 saturated carbocycles. The Hall–Kier alpha value is -2.98. The smallest absolute Gasteiger partial charge is 0.279 e. The zero-order chi connectivity index (χ0) is 20.2. The predicted octanol–water partition coefficient (Wildman–Crippen LogP) is 1.01. The lowest BCUT2D eigenvalue weighted by Crippen LogP contribution is -2.47. The molecular weight excluding hydrogens is 377 g/mol. The first-order valence-corrected chi connectivity index (χ1v) is 9.29. The molecule has 0 aliphatic rings. The summed E-state index contributed by atoms with van der Waals surface area (Å²) in [5.74, 6) is -2.23. The molecule has 2 amide bonds. The van der Waals surface area contributed by atoms with Gasteiger partial charge in [-0.05, 0) is 43.7 Å². The van der Waals surface area contributed by atoms with Crippen molar-refractivity contribution < 1.29 is 27.1 Å². The van der Waals surface area contributed by atoms with E-state index < -0.39 is 33.8 Å². The maximum atomic E-state index is 13.5. The van der Waals surface area contributed by atoms with Crippen molar-refractivity contribution in [2.45, 2.75) is 24.8 Å². The summed E-state index contributed by atoms with van der Waals surface area (Å²) in [7, 11) is -4.00. The second kappa shape index (κ2) is 8.14. The van der Waals surface area contributed by atoms with Gasteiger partial charge in [0.1, 0.15) is 0 Å². The number of nitrogens with one attached hydrogen (secondary N) is 2. The number of halogens is 1. The Kier molecular flexibility index (Phi) is 6.13. The monoisotopic (exact) mass is 395 g/mol. The summed E-state index contributed by atoms with van der Waals surface area (Å²) in [6, 6.07) is 9.47. The summed E-state index contributed by atoms with van der Waals surface area (Å²) in [6.45, 7) is 2.91. The highest BCUT2D eigenvalue weighted by Crippen LogP contribution is 2.17. The molecule has 0 aromatic heterocycles. The first-order valence-electron chi connectivity index (χ1n) is 7.74. The Labute approximate surface area is 155 Å². The number of hydrogen-bond acceptors (Lipinski definition) is 5. The summed E-state index contributed by atoms with van der Waals surface area (Å²) >= 11 is 0. The van der Waals surface area contributed by atoms with E-state index in [1.165, 1.54) is 44.2 Å². The average molecular weight is 395 g/mol. The van der Waals surface area contributed by atoms with Gasteiger partial charge in [0.25, 0.3) is 11.8 Å². The highest BCUT2D eigenvalue weighted by atomic mass is 32.2. The van der Waals surface area contributed by atoms with Crippen molar-refractivity contribution in [1.82, 2.24) is 10.9 Å². The van der Waals surface area contributed by atoms with E-state index in [4.69, 9.17) is 9.88 Å². The third-order valence-electron chi connectivity index (χ3n) is 3.57. The summed E-state index contributed by atoms with van der Waals surface area (Å²) in [4.78, 5) is 23.9.